The van der Waals surface area contributed by atoms with Crippen LogP contribution in [-0.2, 0) is 4.79 Å². The van der Waals surface area contributed by atoms with E-state index >= 15 is 0 Å². The van der Waals surface area contributed by atoms with Crippen molar-refractivity contribution < 1.29 is 4.79 Å². The van der Waals surface area contributed by atoms with Gasteiger partial charge in [-0.05, 0) is 26.8 Å². The van der Waals surface area contributed by atoms with E-state index in [2.05, 4.69) is 18.9 Å². The maximum Gasteiger partial charge on any atom is 0.242 e. The van der Waals surface area contributed by atoms with E-state index in [1.54, 1.807) is 0 Å². The lowest BCUT2D eigenvalue weighted by molar-refractivity contribution is -0.137. The first-order valence-electron chi connectivity index (χ1n) is 5.31. The van der Waals surface area contributed by atoms with E-state index in [0.29, 0.717) is 6.04 Å². The minimum Gasteiger partial charge on any atom is -0.336 e. The second kappa shape index (κ2) is 3.21. The van der Waals surface area contributed by atoms with Crippen LogP contribution >= 0.6 is 0 Å². The van der Waals surface area contributed by atoms with Gasteiger partial charge < -0.3 is 15.5 Å². The number of nitrogens with two attached hydrogens (primary N) is 1. The summed E-state index contributed by atoms with van der Waals surface area (Å²) in [7, 11) is 2.09. The molecule has 2 aliphatic rings. The summed E-state index contributed by atoms with van der Waals surface area (Å²) in [5.74, 6) is 0.165. The number of piperazine rings is 1. The molecule has 1 saturated heterocycles. The summed E-state index contributed by atoms with van der Waals surface area (Å²) in [6.45, 7) is 4.85. The molecule has 0 radical (unpaired) electrons. The lowest BCUT2D eigenvalue weighted by atomic mass is 10.1. The van der Waals surface area contributed by atoms with Crippen LogP contribution < -0.4 is 5.73 Å². The molecule has 1 atom stereocenters. The van der Waals surface area contributed by atoms with E-state index in [0.717, 1.165) is 32.5 Å². The van der Waals surface area contributed by atoms with E-state index < -0.39 is 5.54 Å². The van der Waals surface area contributed by atoms with Crippen LogP contribution in [0.3, 0.4) is 0 Å². The zero-order valence-corrected chi connectivity index (χ0v) is 8.99. The molecule has 2 N–H and O–H groups in total. The molecule has 0 aromatic carbocycles. The van der Waals surface area contributed by atoms with E-state index in [1.165, 1.54) is 0 Å². The molecule has 0 aromatic heterocycles. The van der Waals surface area contributed by atoms with Crippen molar-refractivity contribution in [1.82, 2.24) is 9.80 Å². The fraction of sp³-hybridized carbons (Fsp3) is 0.900. The van der Waals surface area contributed by atoms with E-state index in [9.17, 15) is 4.79 Å². The molecule has 0 spiro atoms. The van der Waals surface area contributed by atoms with Crippen LogP contribution in [0.4, 0.5) is 0 Å². The predicted molar refractivity (Wildman–Crippen MR) is 54.8 cm³/mol. The number of carbonyl (C=O) groups excluding carboxylic acids is 1. The van der Waals surface area contributed by atoms with Gasteiger partial charge in [-0.2, -0.15) is 0 Å². The molecule has 0 aromatic rings. The van der Waals surface area contributed by atoms with Gasteiger partial charge in [0.05, 0.1) is 5.54 Å². The predicted octanol–water partition coefficient (Wildman–Crippen LogP) is -0.360. The molecule has 1 amide bonds. The molecule has 0 bridgehead atoms. The second-order valence-corrected chi connectivity index (χ2v) is 4.77. The van der Waals surface area contributed by atoms with E-state index in [-0.39, 0.29) is 5.91 Å². The molecule has 0 unspecified atom stereocenters. The van der Waals surface area contributed by atoms with Crippen molar-refractivity contribution in [3.63, 3.8) is 0 Å². The molecule has 1 aliphatic heterocycles. The Kier molecular flexibility index (Phi) is 2.27. The third-order valence-electron chi connectivity index (χ3n) is 3.31. The molecule has 1 saturated carbocycles. The van der Waals surface area contributed by atoms with Crippen molar-refractivity contribution >= 4 is 5.91 Å². The zero-order chi connectivity index (χ0) is 10.3. The van der Waals surface area contributed by atoms with E-state index in [1.807, 2.05) is 4.90 Å². The fourth-order valence-corrected chi connectivity index (χ4v) is 2.08. The lowest BCUT2D eigenvalue weighted by Gasteiger charge is -2.39. The normalized spacial score (nSPS) is 31.6. The van der Waals surface area contributed by atoms with Crippen molar-refractivity contribution in [2.45, 2.75) is 31.3 Å². The molecule has 2 rings (SSSR count). The van der Waals surface area contributed by atoms with Crippen LogP contribution in [0, 0.1) is 0 Å². The summed E-state index contributed by atoms with van der Waals surface area (Å²) < 4.78 is 0. The van der Waals surface area contributed by atoms with Gasteiger partial charge in [0.15, 0.2) is 0 Å². The highest BCUT2D eigenvalue weighted by Crippen LogP contribution is 2.34. The summed E-state index contributed by atoms with van der Waals surface area (Å²) >= 11 is 0. The smallest absolute Gasteiger partial charge is 0.242 e. The lowest BCUT2D eigenvalue weighted by Crippen LogP contribution is -2.57. The first kappa shape index (κ1) is 9.93. The number of hydrogen-bond acceptors (Lipinski definition) is 3. The van der Waals surface area contributed by atoms with Gasteiger partial charge in [-0.25, -0.2) is 0 Å². The number of carbonyl (C=O) groups is 1. The molecular formula is C10H19N3O. The Morgan fingerprint density at radius 1 is 1.43 bits per heavy atom. The number of nitrogens with zero attached hydrogens (tertiary/aromatic N) is 2. The maximum atomic E-state index is 12.0. The van der Waals surface area contributed by atoms with Gasteiger partial charge in [0.25, 0.3) is 0 Å². The Hall–Kier alpha value is -0.610. The minimum atomic E-state index is -0.496. The molecule has 4 heteroatoms. The minimum absolute atomic E-state index is 0.165. The standard InChI is InChI=1S/C10H19N3O/c1-8-7-12(2)5-6-13(8)9(14)10(11)3-4-10/h8H,3-7,11H2,1-2H3/t8-/m0/s1. The van der Waals surface area contributed by atoms with Crippen molar-refractivity contribution in [2.24, 2.45) is 5.73 Å². The third-order valence-corrected chi connectivity index (χ3v) is 3.31. The largest absolute Gasteiger partial charge is 0.336 e. The van der Waals surface area contributed by atoms with Crippen LogP contribution in [0.2, 0.25) is 0 Å². The summed E-state index contributed by atoms with van der Waals surface area (Å²) in [4.78, 5) is 16.2. The van der Waals surface area contributed by atoms with Gasteiger partial charge in [0, 0.05) is 25.7 Å². The number of rotatable bonds is 1. The molecular weight excluding hydrogens is 178 g/mol. The van der Waals surface area contributed by atoms with Crippen molar-refractivity contribution in [2.75, 3.05) is 26.7 Å². The number of likely N-dealkylation sites (N-methyl/N-ethyl adjacent to an activating group) is 1. The summed E-state index contributed by atoms with van der Waals surface area (Å²) in [5.41, 5.74) is 5.42. The molecule has 4 nitrogen and oxygen atoms in total. The highest BCUT2D eigenvalue weighted by Gasteiger charge is 2.49. The molecule has 14 heavy (non-hydrogen) atoms. The van der Waals surface area contributed by atoms with Gasteiger partial charge in [0.1, 0.15) is 0 Å². The van der Waals surface area contributed by atoms with Crippen LogP contribution in [0.5, 0.6) is 0 Å². The van der Waals surface area contributed by atoms with Gasteiger partial charge in [0.2, 0.25) is 5.91 Å². The van der Waals surface area contributed by atoms with Gasteiger partial charge >= 0.3 is 0 Å². The molecule has 2 fully saturated rings. The number of amides is 1. The molecule has 1 aliphatic carbocycles. The van der Waals surface area contributed by atoms with Gasteiger partial charge in [-0.15, -0.1) is 0 Å². The molecule has 80 valence electrons. The Balaban J connectivity index is 2.00. The van der Waals surface area contributed by atoms with Crippen molar-refractivity contribution in [1.29, 1.82) is 0 Å². The van der Waals surface area contributed by atoms with Crippen LogP contribution in [0.15, 0.2) is 0 Å². The van der Waals surface area contributed by atoms with Crippen LogP contribution in [0.1, 0.15) is 19.8 Å². The highest BCUT2D eigenvalue weighted by molar-refractivity contribution is 5.89. The molecule has 1 heterocycles. The second-order valence-electron chi connectivity index (χ2n) is 4.77. The first-order valence-corrected chi connectivity index (χ1v) is 5.31. The highest BCUT2D eigenvalue weighted by atomic mass is 16.2. The monoisotopic (exact) mass is 197 g/mol. The Morgan fingerprint density at radius 2 is 2.07 bits per heavy atom. The average Bonchev–Trinajstić information content (AvgIpc) is 2.84. The van der Waals surface area contributed by atoms with Gasteiger partial charge in [-0.1, -0.05) is 0 Å². The van der Waals surface area contributed by atoms with Crippen LogP contribution in [0.25, 0.3) is 0 Å². The SMILES string of the molecule is C[C@H]1CN(C)CCN1C(=O)C1(N)CC1. The summed E-state index contributed by atoms with van der Waals surface area (Å²) in [6.07, 6.45) is 1.73. The quantitative estimate of drug-likeness (QED) is 0.624. The number of hydrogen-bond donors (Lipinski definition) is 1. The summed E-state index contributed by atoms with van der Waals surface area (Å²) in [5, 5.41) is 0. The topological polar surface area (TPSA) is 49.6 Å². The van der Waals surface area contributed by atoms with Gasteiger partial charge in [-0.3, -0.25) is 4.79 Å². The maximum absolute atomic E-state index is 12.0. The Morgan fingerprint density at radius 3 is 2.57 bits per heavy atom. The zero-order valence-electron chi connectivity index (χ0n) is 8.99. The fourth-order valence-electron chi connectivity index (χ4n) is 2.08. The van der Waals surface area contributed by atoms with Crippen LogP contribution in [-0.4, -0.2) is 54.0 Å². The Labute approximate surface area is 85.0 Å². The third kappa shape index (κ3) is 1.64. The Bertz CT molecular complexity index is 250. The summed E-state index contributed by atoms with van der Waals surface area (Å²) in [6, 6.07) is 0.308. The van der Waals surface area contributed by atoms with Crippen molar-refractivity contribution in [3.05, 3.63) is 0 Å². The van der Waals surface area contributed by atoms with E-state index in [4.69, 9.17) is 5.73 Å². The first-order chi connectivity index (χ1) is 6.53. The van der Waals surface area contributed by atoms with Crippen molar-refractivity contribution in [3.8, 4) is 0 Å². The average molecular weight is 197 g/mol.